The molecule has 0 aromatic carbocycles. The number of likely N-dealkylation sites (tertiary alicyclic amines) is 1. The molecule has 18 heavy (non-hydrogen) atoms. The van der Waals surface area contributed by atoms with Crippen molar-refractivity contribution in [3.8, 4) is 0 Å². The third-order valence-electron chi connectivity index (χ3n) is 3.32. The molecule has 1 saturated heterocycles. The molecule has 1 rings (SSSR count). The number of hydrogen-bond donors (Lipinski definition) is 3. The van der Waals surface area contributed by atoms with Crippen LogP contribution >= 0.6 is 0 Å². The largest absolute Gasteiger partial charge is 0.480 e. The predicted molar refractivity (Wildman–Crippen MR) is 66.2 cm³/mol. The predicted octanol–water partition coefficient (Wildman–Crippen LogP) is 0.654. The van der Waals surface area contributed by atoms with Crippen LogP contribution in [-0.2, 0) is 4.79 Å². The smallest absolute Gasteiger partial charge is 0.326 e. The van der Waals surface area contributed by atoms with Gasteiger partial charge in [0, 0.05) is 26.1 Å². The Labute approximate surface area is 107 Å². The Balaban J connectivity index is 2.49. The highest BCUT2D eigenvalue weighted by atomic mass is 16.4. The molecule has 2 amide bonds. The van der Waals surface area contributed by atoms with Crippen molar-refractivity contribution in [2.75, 3.05) is 19.7 Å². The van der Waals surface area contributed by atoms with E-state index in [1.54, 1.807) is 4.90 Å². The topological polar surface area (TPSA) is 89.9 Å². The van der Waals surface area contributed by atoms with Crippen molar-refractivity contribution in [2.45, 2.75) is 38.6 Å². The number of carboxylic acid groups (broad SMARTS) is 1. The lowest BCUT2D eigenvalue weighted by molar-refractivity contribution is -0.139. The number of amides is 2. The summed E-state index contributed by atoms with van der Waals surface area (Å²) in [6, 6.07) is -1.35. The molecule has 3 N–H and O–H groups in total. The number of nitrogens with one attached hydrogen (secondary N) is 1. The second kappa shape index (κ2) is 7.20. The number of carboxylic acids is 1. The number of carbonyl (C=O) groups is 2. The van der Waals surface area contributed by atoms with Crippen LogP contribution in [0.1, 0.15) is 32.6 Å². The summed E-state index contributed by atoms with van der Waals surface area (Å²) in [6.45, 7) is 3.24. The molecule has 104 valence electrons. The minimum atomic E-state index is -1.11. The molecular formula is C12H22N2O4. The normalized spacial score (nSPS) is 22.1. The average molecular weight is 258 g/mol. The zero-order valence-electron chi connectivity index (χ0n) is 10.8. The maximum atomic E-state index is 11.9. The van der Waals surface area contributed by atoms with Gasteiger partial charge in [-0.05, 0) is 25.2 Å². The summed E-state index contributed by atoms with van der Waals surface area (Å²) in [4.78, 5) is 24.5. The number of nitrogens with zero attached hydrogens (tertiary/aromatic N) is 1. The van der Waals surface area contributed by atoms with E-state index in [1.165, 1.54) is 0 Å². The first kappa shape index (κ1) is 14.8. The molecule has 0 aromatic rings. The van der Waals surface area contributed by atoms with Crippen LogP contribution in [-0.4, -0.2) is 52.9 Å². The monoisotopic (exact) mass is 258 g/mol. The van der Waals surface area contributed by atoms with Crippen LogP contribution in [0.3, 0.4) is 0 Å². The van der Waals surface area contributed by atoms with Crippen LogP contribution in [0.5, 0.6) is 0 Å². The van der Waals surface area contributed by atoms with E-state index in [2.05, 4.69) is 12.2 Å². The SMILES string of the molecule is CC1CCCN(C(=O)N[C@@H](CCO)C(=O)O)CC1. The summed E-state index contributed by atoms with van der Waals surface area (Å²) >= 11 is 0. The van der Waals surface area contributed by atoms with E-state index in [0.717, 1.165) is 19.3 Å². The van der Waals surface area contributed by atoms with Crippen molar-refractivity contribution in [1.82, 2.24) is 10.2 Å². The first-order chi connectivity index (χ1) is 8.54. The maximum Gasteiger partial charge on any atom is 0.326 e. The molecule has 0 spiro atoms. The van der Waals surface area contributed by atoms with Crippen molar-refractivity contribution in [3.05, 3.63) is 0 Å². The van der Waals surface area contributed by atoms with E-state index >= 15 is 0 Å². The molecule has 1 heterocycles. The number of carbonyl (C=O) groups excluding carboxylic acids is 1. The molecule has 1 unspecified atom stereocenters. The Morgan fingerprint density at radius 2 is 2.11 bits per heavy atom. The number of hydrogen-bond acceptors (Lipinski definition) is 3. The van der Waals surface area contributed by atoms with E-state index in [1.807, 2.05) is 0 Å². The van der Waals surface area contributed by atoms with Gasteiger partial charge < -0.3 is 20.4 Å². The van der Waals surface area contributed by atoms with Crippen LogP contribution < -0.4 is 5.32 Å². The average Bonchev–Trinajstić information content (AvgIpc) is 2.53. The lowest BCUT2D eigenvalue weighted by Crippen LogP contribution is -2.48. The lowest BCUT2D eigenvalue weighted by Gasteiger charge is -2.23. The lowest BCUT2D eigenvalue weighted by atomic mass is 10.0. The Bertz CT molecular complexity index is 296. The Morgan fingerprint density at radius 3 is 2.72 bits per heavy atom. The molecule has 0 bridgehead atoms. The molecule has 0 aliphatic carbocycles. The summed E-state index contributed by atoms with van der Waals surface area (Å²) in [5, 5.41) is 20.1. The minimum absolute atomic E-state index is 0.0331. The van der Waals surface area contributed by atoms with E-state index in [0.29, 0.717) is 19.0 Å². The first-order valence-corrected chi connectivity index (χ1v) is 6.43. The van der Waals surface area contributed by atoms with Gasteiger partial charge in [-0.3, -0.25) is 0 Å². The molecule has 6 nitrogen and oxygen atoms in total. The van der Waals surface area contributed by atoms with Crippen LogP contribution in [0.15, 0.2) is 0 Å². The zero-order chi connectivity index (χ0) is 13.5. The third-order valence-corrected chi connectivity index (χ3v) is 3.32. The van der Waals surface area contributed by atoms with Crippen molar-refractivity contribution in [2.24, 2.45) is 5.92 Å². The summed E-state index contributed by atoms with van der Waals surface area (Å²) in [5.74, 6) is -0.504. The van der Waals surface area contributed by atoms with Crippen LogP contribution in [0, 0.1) is 5.92 Å². The Morgan fingerprint density at radius 1 is 1.39 bits per heavy atom. The van der Waals surface area contributed by atoms with Crippen molar-refractivity contribution < 1.29 is 19.8 Å². The molecule has 0 radical (unpaired) electrons. The summed E-state index contributed by atoms with van der Waals surface area (Å²) in [6.07, 6.45) is 3.03. The van der Waals surface area contributed by atoms with E-state index in [9.17, 15) is 9.59 Å². The van der Waals surface area contributed by atoms with Gasteiger partial charge in [0.2, 0.25) is 0 Å². The van der Waals surface area contributed by atoms with Crippen molar-refractivity contribution in [3.63, 3.8) is 0 Å². The van der Waals surface area contributed by atoms with Gasteiger partial charge >= 0.3 is 12.0 Å². The van der Waals surface area contributed by atoms with Crippen LogP contribution in [0.2, 0.25) is 0 Å². The van der Waals surface area contributed by atoms with Gasteiger partial charge in [-0.25, -0.2) is 9.59 Å². The molecule has 0 aromatic heterocycles. The van der Waals surface area contributed by atoms with E-state index < -0.39 is 12.0 Å². The Hall–Kier alpha value is -1.30. The first-order valence-electron chi connectivity index (χ1n) is 6.43. The molecule has 6 heteroatoms. The van der Waals surface area contributed by atoms with Crippen molar-refractivity contribution >= 4 is 12.0 Å². The van der Waals surface area contributed by atoms with E-state index in [4.69, 9.17) is 10.2 Å². The Kier molecular flexibility index (Phi) is 5.91. The highest BCUT2D eigenvalue weighted by Gasteiger charge is 2.24. The highest BCUT2D eigenvalue weighted by molar-refractivity contribution is 5.82. The molecule has 1 aliphatic rings. The van der Waals surface area contributed by atoms with Gasteiger partial charge in [-0.2, -0.15) is 0 Å². The fourth-order valence-corrected chi connectivity index (χ4v) is 2.09. The van der Waals surface area contributed by atoms with Gasteiger partial charge in [0.1, 0.15) is 6.04 Å². The number of aliphatic hydroxyl groups is 1. The highest BCUT2D eigenvalue weighted by Crippen LogP contribution is 2.16. The standard InChI is InChI=1S/C12H22N2O4/c1-9-3-2-6-14(7-4-9)12(18)13-10(5-8-15)11(16)17/h9-10,15H,2-8H2,1H3,(H,13,18)(H,16,17)/t9?,10-/m0/s1. The molecule has 1 aliphatic heterocycles. The van der Waals surface area contributed by atoms with E-state index in [-0.39, 0.29) is 19.1 Å². The second-order valence-corrected chi connectivity index (χ2v) is 4.88. The van der Waals surface area contributed by atoms with Crippen molar-refractivity contribution in [1.29, 1.82) is 0 Å². The zero-order valence-corrected chi connectivity index (χ0v) is 10.8. The number of aliphatic hydroxyl groups excluding tert-OH is 1. The van der Waals surface area contributed by atoms with Crippen LogP contribution in [0.4, 0.5) is 4.79 Å². The molecular weight excluding hydrogens is 236 g/mol. The molecule has 1 fully saturated rings. The number of aliphatic carboxylic acids is 1. The van der Waals surface area contributed by atoms with Gasteiger partial charge in [0.05, 0.1) is 0 Å². The molecule has 2 atom stereocenters. The van der Waals surface area contributed by atoms with Gasteiger partial charge in [-0.1, -0.05) is 6.92 Å². The summed E-state index contributed by atoms with van der Waals surface area (Å²) in [5.41, 5.74) is 0. The minimum Gasteiger partial charge on any atom is -0.480 e. The summed E-state index contributed by atoms with van der Waals surface area (Å²) in [7, 11) is 0. The van der Waals surface area contributed by atoms with Gasteiger partial charge in [-0.15, -0.1) is 0 Å². The third kappa shape index (κ3) is 4.52. The number of rotatable bonds is 4. The molecule has 0 saturated carbocycles. The second-order valence-electron chi connectivity index (χ2n) is 4.88. The van der Waals surface area contributed by atoms with Gasteiger partial charge in [0.25, 0.3) is 0 Å². The quantitative estimate of drug-likeness (QED) is 0.690. The number of urea groups is 1. The maximum absolute atomic E-state index is 11.9. The van der Waals surface area contributed by atoms with Gasteiger partial charge in [0.15, 0.2) is 0 Å². The fraction of sp³-hybridized carbons (Fsp3) is 0.833. The van der Waals surface area contributed by atoms with Crippen LogP contribution in [0.25, 0.3) is 0 Å². The summed E-state index contributed by atoms with van der Waals surface area (Å²) < 4.78 is 0. The fourth-order valence-electron chi connectivity index (χ4n) is 2.09.